The molecule has 1 aliphatic heterocycles. The molecule has 1 amide bonds. The molecule has 0 aliphatic carbocycles. The largest absolute Gasteiger partial charge is 0.326 e. The third-order valence-electron chi connectivity index (χ3n) is 3.12. The van der Waals surface area contributed by atoms with Crippen LogP contribution in [0.1, 0.15) is 17.7 Å². The molecule has 108 valence electrons. The number of hydrogen-bond donors (Lipinski definition) is 1. The SMILES string of the molecule is O=C(CCc1cscn1)Nc1ccc2c(c1)S(=O)(=O)C=C2. The van der Waals surface area contributed by atoms with E-state index >= 15 is 0 Å². The summed E-state index contributed by atoms with van der Waals surface area (Å²) in [6, 6.07) is 4.88. The van der Waals surface area contributed by atoms with Gasteiger partial charge in [0.25, 0.3) is 0 Å². The van der Waals surface area contributed by atoms with E-state index in [1.165, 1.54) is 22.8 Å². The number of nitrogens with zero attached hydrogens (tertiary/aromatic N) is 1. The normalized spacial score (nSPS) is 14.9. The van der Waals surface area contributed by atoms with Crippen molar-refractivity contribution in [3.63, 3.8) is 0 Å². The zero-order valence-electron chi connectivity index (χ0n) is 10.9. The Morgan fingerprint density at radius 1 is 1.33 bits per heavy atom. The van der Waals surface area contributed by atoms with E-state index in [-0.39, 0.29) is 10.8 Å². The lowest BCUT2D eigenvalue weighted by Gasteiger charge is -2.06. The molecule has 0 saturated heterocycles. The van der Waals surface area contributed by atoms with Crippen LogP contribution < -0.4 is 5.32 Å². The van der Waals surface area contributed by atoms with E-state index in [4.69, 9.17) is 0 Å². The van der Waals surface area contributed by atoms with Gasteiger partial charge in [0.2, 0.25) is 15.7 Å². The van der Waals surface area contributed by atoms with Crippen LogP contribution in [0.3, 0.4) is 0 Å². The molecule has 0 saturated carbocycles. The van der Waals surface area contributed by atoms with E-state index < -0.39 is 9.84 Å². The zero-order chi connectivity index (χ0) is 14.9. The zero-order valence-corrected chi connectivity index (χ0v) is 12.6. The highest BCUT2D eigenvalue weighted by atomic mass is 32.2. The van der Waals surface area contributed by atoms with Gasteiger partial charge in [-0.2, -0.15) is 0 Å². The van der Waals surface area contributed by atoms with Crippen molar-refractivity contribution >= 4 is 38.8 Å². The number of aryl methyl sites for hydroxylation is 1. The Bertz CT molecular complexity index is 809. The summed E-state index contributed by atoms with van der Waals surface area (Å²) in [4.78, 5) is 16.2. The van der Waals surface area contributed by atoms with Gasteiger partial charge in [0.05, 0.1) is 16.1 Å². The Hall–Kier alpha value is -1.99. The molecule has 7 heteroatoms. The second kappa shape index (κ2) is 5.42. The third-order valence-corrected chi connectivity index (χ3v) is 5.22. The minimum atomic E-state index is -3.35. The Labute approximate surface area is 126 Å². The number of anilines is 1. The van der Waals surface area contributed by atoms with Gasteiger partial charge in [-0.05, 0) is 30.2 Å². The van der Waals surface area contributed by atoms with Gasteiger partial charge in [-0.15, -0.1) is 11.3 Å². The van der Waals surface area contributed by atoms with Gasteiger partial charge in [0.1, 0.15) is 0 Å². The second-order valence-corrected chi connectivity index (χ2v) is 7.15. The number of rotatable bonds is 4. The Morgan fingerprint density at radius 3 is 2.95 bits per heavy atom. The average molecular weight is 320 g/mol. The topological polar surface area (TPSA) is 76.1 Å². The number of aromatic nitrogens is 1. The van der Waals surface area contributed by atoms with Gasteiger partial charge in [-0.3, -0.25) is 4.79 Å². The molecule has 0 radical (unpaired) electrons. The molecule has 1 aromatic heterocycles. The molecular formula is C14H12N2O3S2. The van der Waals surface area contributed by atoms with Gasteiger partial charge >= 0.3 is 0 Å². The van der Waals surface area contributed by atoms with Crippen LogP contribution >= 0.6 is 11.3 Å². The molecule has 2 heterocycles. The Balaban J connectivity index is 1.67. The van der Waals surface area contributed by atoms with Crippen LogP contribution in [0.15, 0.2) is 39.4 Å². The molecule has 1 aromatic carbocycles. The summed E-state index contributed by atoms with van der Waals surface area (Å²) in [6.45, 7) is 0. The number of benzene rings is 1. The van der Waals surface area contributed by atoms with E-state index in [9.17, 15) is 13.2 Å². The van der Waals surface area contributed by atoms with Crippen molar-refractivity contribution in [2.75, 3.05) is 5.32 Å². The molecule has 0 unspecified atom stereocenters. The van der Waals surface area contributed by atoms with Crippen LogP contribution in [0.4, 0.5) is 5.69 Å². The molecule has 0 fully saturated rings. The molecule has 2 aromatic rings. The first-order valence-corrected chi connectivity index (χ1v) is 8.78. The number of fused-ring (bicyclic) bond motifs is 1. The van der Waals surface area contributed by atoms with Crippen LogP contribution in [-0.2, 0) is 21.1 Å². The minimum Gasteiger partial charge on any atom is -0.326 e. The molecule has 21 heavy (non-hydrogen) atoms. The van der Waals surface area contributed by atoms with Gasteiger partial charge in [-0.1, -0.05) is 6.07 Å². The maximum Gasteiger partial charge on any atom is 0.224 e. The number of carbonyl (C=O) groups excluding carboxylic acids is 1. The van der Waals surface area contributed by atoms with Crippen molar-refractivity contribution in [2.45, 2.75) is 17.7 Å². The maximum absolute atomic E-state index is 11.9. The van der Waals surface area contributed by atoms with Crippen molar-refractivity contribution < 1.29 is 13.2 Å². The smallest absolute Gasteiger partial charge is 0.224 e. The fraction of sp³-hybridized carbons (Fsp3) is 0.143. The van der Waals surface area contributed by atoms with Crippen molar-refractivity contribution in [3.8, 4) is 0 Å². The fourth-order valence-corrected chi connectivity index (χ4v) is 3.88. The Kier molecular flexibility index (Phi) is 3.60. The predicted molar refractivity (Wildman–Crippen MR) is 81.7 cm³/mol. The van der Waals surface area contributed by atoms with E-state index in [0.717, 1.165) is 5.69 Å². The highest BCUT2D eigenvalue weighted by Crippen LogP contribution is 2.29. The van der Waals surface area contributed by atoms with Crippen LogP contribution in [0, 0.1) is 0 Å². The van der Waals surface area contributed by atoms with Crippen LogP contribution in [-0.4, -0.2) is 19.3 Å². The molecule has 0 bridgehead atoms. The quantitative estimate of drug-likeness (QED) is 0.939. The first-order chi connectivity index (χ1) is 10.0. The molecular weight excluding hydrogens is 308 g/mol. The summed E-state index contributed by atoms with van der Waals surface area (Å²) < 4.78 is 23.5. The molecule has 0 atom stereocenters. The van der Waals surface area contributed by atoms with Crippen LogP contribution in [0.25, 0.3) is 6.08 Å². The van der Waals surface area contributed by atoms with Gasteiger partial charge in [0.15, 0.2) is 0 Å². The first-order valence-electron chi connectivity index (χ1n) is 6.29. The highest BCUT2D eigenvalue weighted by Gasteiger charge is 2.21. The van der Waals surface area contributed by atoms with E-state index in [1.807, 2.05) is 5.38 Å². The summed E-state index contributed by atoms with van der Waals surface area (Å²) in [5.74, 6) is -0.161. The minimum absolute atomic E-state index is 0.161. The molecule has 5 nitrogen and oxygen atoms in total. The fourth-order valence-electron chi connectivity index (χ4n) is 2.06. The van der Waals surface area contributed by atoms with E-state index in [2.05, 4.69) is 10.3 Å². The average Bonchev–Trinajstić information content (AvgIpc) is 3.06. The summed E-state index contributed by atoms with van der Waals surface area (Å²) >= 11 is 1.49. The lowest BCUT2D eigenvalue weighted by Crippen LogP contribution is -2.12. The standard InChI is InChI=1S/C14H12N2O3S2/c17-14(4-3-12-8-20-9-15-12)16-11-2-1-10-5-6-21(18,19)13(10)7-11/h1-2,5-9H,3-4H2,(H,16,17). The van der Waals surface area contributed by atoms with Crippen molar-refractivity contribution in [1.82, 2.24) is 4.98 Å². The summed E-state index contributed by atoms with van der Waals surface area (Å²) in [7, 11) is -3.35. The number of sulfone groups is 1. The summed E-state index contributed by atoms with van der Waals surface area (Å²) in [5, 5.41) is 5.79. The summed E-state index contributed by atoms with van der Waals surface area (Å²) in [6.07, 6.45) is 2.43. The van der Waals surface area contributed by atoms with Gasteiger partial charge in [0, 0.05) is 22.9 Å². The monoisotopic (exact) mass is 320 g/mol. The summed E-state index contributed by atoms with van der Waals surface area (Å²) in [5.41, 5.74) is 3.75. The van der Waals surface area contributed by atoms with Crippen molar-refractivity contribution in [3.05, 3.63) is 45.8 Å². The lowest BCUT2D eigenvalue weighted by atomic mass is 10.2. The molecule has 0 spiro atoms. The number of nitrogens with one attached hydrogen (secondary N) is 1. The van der Waals surface area contributed by atoms with Gasteiger partial charge < -0.3 is 5.32 Å². The second-order valence-electron chi connectivity index (χ2n) is 4.63. The number of thiazole rings is 1. The van der Waals surface area contributed by atoms with E-state index in [0.29, 0.717) is 24.1 Å². The lowest BCUT2D eigenvalue weighted by molar-refractivity contribution is -0.116. The van der Waals surface area contributed by atoms with Crippen LogP contribution in [0.5, 0.6) is 0 Å². The first kappa shape index (κ1) is 14.0. The molecule has 1 N–H and O–H groups in total. The third kappa shape index (κ3) is 3.03. The van der Waals surface area contributed by atoms with Crippen molar-refractivity contribution in [1.29, 1.82) is 0 Å². The molecule has 3 rings (SSSR count). The number of carbonyl (C=O) groups is 1. The Morgan fingerprint density at radius 2 is 2.19 bits per heavy atom. The number of amides is 1. The van der Waals surface area contributed by atoms with E-state index in [1.54, 1.807) is 23.7 Å². The number of hydrogen-bond acceptors (Lipinski definition) is 5. The predicted octanol–water partition coefficient (Wildman–Crippen LogP) is 2.47. The highest BCUT2D eigenvalue weighted by molar-refractivity contribution is 7.94. The molecule has 1 aliphatic rings. The van der Waals surface area contributed by atoms with Crippen LogP contribution in [0.2, 0.25) is 0 Å². The maximum atomic E-state index is 11.9. The van der Waals surface area contributed by atoms with Gasteiger partial charge in [-0.25, -0.2) is 13.4 Å². The van der Waals surface area contributed by atoms with Crippen molar-refractivity contribution in [2.24, 2.45) is 0 Å².